The fourth-order valence-corrected chi connectivity index (χ4v) is 3.14. The van der Waals surface area contributed by atoms with Crippen LogP contribution in [-0.4, -0.2) is 4.98 Å². The highest BCUT2D eigenvalue weighted by Crippen LogP contribution is 2.32. The molecule has 0 unspecified atom stereocenters. The molecule has 1 aromatic heterocycles. The smallest absolute Gasteiger partial charge is 0.205 e. The zero-order chi connectivity index (χ0) is 14.1. The SMILES string of the molecule is Nc1cccc2oc(CSc3cc(Cl)ccc3Cl)nc12. The first-order valence-electron chi connectivity index (χ1n) is 5.85. The van der Waals surface area contributed by atoms with E-state index in [1.165, 1.54) is 11.8 Å². The molecule has 0 fully saturated rings. The molecule has 0 bridgehead atoms. The van der Waals surface area contributed by atoms with Crippen LogP contribution >= 0.6 is 35.0 Å². The molecular weight excluding hydrogens is 315 g/mol. The fourth-order valence-electron chi connectivity index (χ4n) is 1.80. The highest BCUT2D eigenvalue weighted by atomic mass is 35.5. The van der Waals surface area contributed by atoms with Gasteiger partial charge in [0.05, 0.1) is 16.5 Å². The number of rotatable bonds is 3. The Labute approximate surface area is 130 Å². The number of nitrogens with zero attached hydrogens (tertiary/aromatic N) is 1. The summed E-state index contributed by atoms with van der Waals surface area (Å²) in [6, 6.07) is 10.8. The number of thioether (sulfide) groups is 1. The van der Waals surface area contributed by atoms with Gasteiger partial charge < -0.3 is 10.2 Å². The number of oxazole rings is 1. The molecule has 0 atom stereocenters. The van der Waals surface area contributed by atoms with Crippen LogP contribution in [0.25, 0.3) is 11.1 Å². The number of halogens is 2. The number of benzene rings is 2. The highest BCUT2D eigenvalue weighted by molar-refractivity contribution is 7.98. The van der Waals surface area contributed by atoms with E-state index in [1.807, 2.05) is 18.2 Å². The predicted octanol–water partition coefficient (Wildman–Crippen LogP) is 5.01. The molecule has 3 rings (SSSR count). The number of aromatic nitrogens is 1. The molecule has 0 spiro atoms. The Morgan fingerprint density at radius 2 is 2.05 bits per heavy atom. The number of nitrogen functional groups attached to an aromatic ring is 1. The van der Waals surface area contributed by atoms with Crippen LogP contribution < -0.4 is 5.73 Å². The van der Waals surface area contributed by atoms with E-state index in [2.05, 4.69) is 4.98 Å². The zero-order valence-corrected chi connectivity index (χ0v) is 12.6. The van der Waals surface area contributed by atoms with E-state index in [-0.39, 0.29) is 0 Å². The third-order valence-electron chi connectivity index (χ3n) is 2.74. The van der Waals surface area contributed by atoms with E-state index in [1.54, 1.807) is 18.2 Å². The monoisotopic (exact) mass is 324 g/mol. The predicted molar refractivity (Wildman–Crippen MR) is 84.4 cm³/mol. The third-order valence-corrected chi connectivity index (χ3v) is 4.46. The molecule has 6 heteroatoms. The van der Waals surface area contributed by atoms with Crippen molar-refractivity contribution in [3.05, 3.63) is 52.3 Å². The Morgan fingerprint density at radius 3 is 2.85 bits per heavy atom. The molecular formula is C14H10Cl2N2OS. The topological polar surface area (TPSA) is 52.0 Å². The molecule has 0 aliphatic heterocycles. The Kier molecular flexibility index (Phi) is 3.78. The number of nitrogens with two attached hydrogens (primary N) is 1. The second kappa shape index (κ2) is 5.56. The number of fused-ring (bicyclic) bond motifs is 1. The van der Waals surface area contributed by atoms with Gasteiger partial charge in [0.2, 0.25) is 5.89 Å². The van der Waals surface area contributed by atoms with Crippen molar-refractivity contribution in [2.24, 2.45) is 0 Å². The summed E-state index contributed by atoms with van der Waals surface area (Å²) in [4.78, 5) is 5.29. The molecule has 102 valence electrons. The lowest BCUT2D eigenvalue weighted by molar-refractivity contribution is 0.556. The van der Waals surface area contributed by atoms with E-state index in [9.17, 15) is 0 Å². The summed E-state index contributed by atoms with van der Waals surface area (Å²) in [5.41, 5.74) is 7.85. The Balaban J connectivity index is 1.83. The molecule has 20 heavy (non-hydrogen) atoms. The molecule has 0 amide bonds. The van der Waals surface area contributed by atoms with Crippen LogP contribution in [0.15, 0.2) is 45.7 Å². The van der Waals surface area contributed by atoms with Gasteiger partial charge in [-0.05, 0) is 30.3 Å². The minimum atomic E-state index is 0.564. The van der Waals surface area contributed by atoms with Crippen molar-refractivity contribution < 1.29 is 4.42 Å². The molecule has 2 N–H and O–H groups in total. The van der Waals surface area contributed by atoms with Gasteiger partial charge in [-0.3, -0.25) is 0 Å². The maximum absolute atomic E-state index is 6.12. The van der Waals surface area contributed by atoms with Crippen LogP contribution in [0.2, 0.25) is 10.0 Å². The average Bonchev–Trinajstić information content (AvgIpc) is 2.84. The number of anilines is 1. The summed E-state index contributed by atoms with van der Waals surface area (Å²) in [5.74, 6) is 1.17. The standard InChI is InChI=1S/C14H10Cl2N2OS/c15-8-4-5-9(16)12(6-8)20-7-13-18-14-10(17)2-1-3-11(14)19-13/h1-6H,7,17H2. The number of hydrogen-bond donors (Lipinski definition) is 1. The van der Waals surface area contributed by atoms with Gasteiger partial charge in [-0.25, -0.2) is 4.98 Å². The van der Waals surface area contributed by atoms with Gasteiger partial charge >= 0.3 is 0 Å². The Hall–Kier alpha value is -1.36. The number of para-hydroxylation sites is 1. The first kappa shape index (κ1) is 13.6. The normalized spacial score (nSPS) is 11.1. The first-order chi connectivity index (χ1) is 9.63. The molecule has 0 aliphatic carbocycles. The van der Waals surface area contributed by atoms with Crippen molar-refractivity contribution in [2.75, 3.05) is 5.73 Å². The number of hydrogen-bond acceptors (Lipinski definition) is 4. The van der Waals surface area contributed by atoms with Gasteiger partial charge in [-0.15, -0.1) is 11.8 Å². The van der Waals surface area contributed by atoms with Crippen LogP contribution in [0.1, 0.15) is 5.89 Å². The molecule has 0 saturated heterocycles. The molecule has 3 nitrogen and oxygen atoms in total. The van der Waals surface area contributed by atoms with Crippen molar-refractivity contribution in [2.45, 2.75) is 10.6 Å². The summed E-state index contributed by atoms with van der Waals surface area (Å²) in [6.07, 6.45) is 0. The van der Waals surface area contributed by atoms with Gasteiger partial charge in [0.15, 0.2) is 5.58 Å². The highest BCUT2D eigenvalue weighted by Gasteiger charge is 2.10. The zero-order valence-electron chi connectivity index (χ0n) is 10.3. The Morgan fingerprint density at radius 1 is 1.20 bits per heavy atom. The molecule has 1 heterocycles. The van der Waals surface area contributed by atoms with Gasteiger partial charge in [0.1, 0.15) is 5.52 Å². The maximum Gasteiger partial charge on any atom is 0.205 e. The molecule has 3 aromatic rings. The van der Waals surface area contributed by atoms with Crippen molar-refractivity contribution >= 4 is 51.8 Å². The molecule has 0 saturated carbocycles. The largest absolute Gasteiger partial charge is 0.440 e. The van der Waals surface area contributed by atoms with Crippen molar-refractivity contribution in [1.82, 2.24) is 4.98 Å². The van der Waals surface area contributed by atoms with Gasteiger partial charge in [0.25, 0.3) is 0 Å². The van der Waals surface area contributed by atoms with Crippen LogP contribution in [0, 0.1) is 0 Å². The summed E-state index contributed by atoms with van der Waals surface area (Å²) in [5, 5.41) is 1.31. The van der Waals surface area contributed by atoms with Crippen molar-refractivity contribution in [1.29, 1.82) is 0 Å². The van der Waals surface area contributed by atoms with Crippen molar-refractivity contribution in [3.63, 3.8) is 0 Å². The minimum absolute atomic E-state index is 0.564. The molecule has 0 aliphatic rings. The lowest BCUT2D eigenvalue weighted by Crippen LogP contribution is -1.86. The third kappa shape index (κ3) is 2.73. The summed E-state index contributed by atoms with van der Waals surface area (Å²) in [6.45, 7) is 0. The van der Waals surface area contributed by atoms with E-state index >= 15 is 0 Å². The van der Waals surface area contributed by atoms with Crippen LogP contribution in [0.5, 0.6) is 0 Å². The molecule has 2 aromatic carbocycles. The summed E-state index contributed by atoms with van der Waals surface area (Å²) in [7, 11) is 0. The van der Waals surface area contributed by atoms with E-state index in [0.29, 0.717) is 38.5 Å². The van der Waals surface area contributed by atoms with Crippen LogP contribution in [-0.2, 0) is 5.75 Å². The summed E-state index contributed by atoms with van der Waals surface area (Å²) >= 11 is 13.6. The van der Waals surface area contributed by atoms with Gasteiger partial charge in [-0.2, -0.15) is 0 Å². The van der Waals surface area contributed by atoms with E-state index < -0.39 is 0 Å². The van der Waals surface area contributed by atoms with Gasteiger partial charge in [0, 0.05) is 9.92 Å². The summed E-state index contributed by atoms with van der Waals surface area (Å²) < 4.78 is 5.65. The van der Waals surface area contributed by atoms with Crippen LogP contribution in [0.3, 0.4) is 0 Å². The van der Waals surface area contributed by atoms with E-state index in [0.717, 1.165) is 4.90 Å². The first-order valence-corrected chi connectivity index (χ1v) is 7.59. The minimum Gasteiger partial charge on any atom is -0.440 e. The second-order valence-electron chi connectivity index (χ2n) is 4.17. The second-order valence-corrected chi connectivity index (χ2v) is 6.03. The van der Waals surface area contributed by atoms with Crippen molar-refractivity contribution in [3.8, 4) is 0 Å². The fraction of sp³-hybridized carbons (Fsp3) is 0.0714. The van der Waals surface area contributed by atoms with E-state index in [4.69, 9.17) is 33.4 Å². The average molecular weight is 325 g/mol. The lowest BCUT2D eigenvalue weighted by atomic mass is 10.3. The van der Waals surface area contributed by atoms with Crippen LogP contribution in [0.4, 0.5) is 5.69 Å². The maximum atomic E-state index is 6.12. The van der Waals surface area contributed by atoms with Gasteiger partial charge in [-0.1, -0.05) is 29.3 Å². The quantitative estimate of drug-likeness (QED) is 0.543. The lowest BCUT2D eigenvalue weighted by Gasteiger charge is -2.02. The molecule has 0 radical (unpaired) electrons. The Bertz CT molecular complexity index is 773.